The van der Waals surface area contributed by atoms with Crippen molar-refractivity contribution in [3.05, 3.63) is 33.8 Å². The first-order valence-electron chi connectivity index (χ1n) is 5.16. The molecule has 114 valence electrons. The molecule has 0 aromatic heterocycles. The predicted molar refractivity (Wildman–Crippen MR) is 69.8 cm³/mol. The molecule has 3 nitrogen and oxygen atoms in total. The zero-order valence-corrected chi connectivity index (χ0v) is 12.5. The quantitative estimate of drug-likeness (QED) is 0.644. The maximum atomic E-state index is 13.6. The molecule has 0 aliphatic heterocycles. The maximum absolute atomic E-state index is 13.6. The Balaban J connectivity index is 0.00000361. The number of esters is 1. The Labute approximate surface area is 127 Å². The van der Waals surface area contributed by atoms with E-state index in [1.807, 2.05) is 0 Å². The van der Waals surface area contributed by atoms with Gasteiger partial charge in [0.1, 0.15) is 17.7 Å². The van der Waals surface area contributed by atoms with E-state index in [2.05, 4.69) is 20.7 Å². The van der Waals surface area contributed by atoms with Crippen molar-refractivity contribution >= 4 is 34.3 Å². The molecule has 0 aliphatic rings. The number of ether oxygens (including phenoxy) is 1. The van der Waals surface area contributed by atoms with Gasteiger partial charge in [-0.25, -0.2) is 13.6 Å². The van der Waals surface area contributed by atoms with Crippen LogP contribution in [0.4, 0.5) is 17.6 Å². The third-order valence-electron chi connectivity index (χ3n) is 2.29. The molecule has 1 rings (SSSR count). The molecule has 0 spiro atoms. The molecular weight excluding hydrogens is 369 g/mol. The van der Waals surface area contributed by atoms with Crippen LogP contribution in [-0.2, 0) is 9.53 Å². The molecule has 0 aliphatic carbocycles. The smallest absolute Gasteiger partial charge is 0.379 e. The molecule has 0 heterocycles. The number of halogens is 6. The van der Waals surface area contributed by atoms with Gasteiger partial charge < -0.3 is 10.5 Å². The lowest BCUT2D eigenvalue weighted by atomic mass is 10.0. The SMILES string of the molecule is CCOC(=O)C(F)(F)[C@@H](N)c1c(F)cc(Br)cc1F.Cl. The number of hydrogen-bond acceptors (Lipinski definition) is 3. The summed E-state index contributed by atoms with van der Waals surface area (Å²) in [5, 5.41) is 0. The second-order valence-electron chi connectivity index (χ2n) is 3.60. The zero-order valence-electron chi connectivity index (χ0n) is 10.1. The lowest BCUT2D eigenvalue weighted by Crippen LogP contribution is -2.42. The number of rotatable bonds is 4. The highest BCUT2D eigenvalue weighted by atomic mass is 79.9. The fourth-order valence-corrected chi connectivity index (χ4v) is 1.79. The van der Waals surface area contributed by atoms with Crippen molar-refractivity contribution in [2.75, 3.05) is 6.61 Å². The van der Waals surface area contributed by atoms with Crippen molar-refractivity contribution in [3.8, 4) is 0 Å². The Bertz CT molecular complexity index is 478. The molecule has 9 heteroatoms. The molecule has 0 amide bonds. The molecule has 0 fully saturated rings. The Morgan fingerprint density at radius 1 is 1.40 bits per heavy atom. The minimum Gasteiger partial charge on any atom is -0.462 e. The molecule has 1 aromatic carbocycles. The number of benzene rings is 1. The van der Waals surface area contributed by atoms with Gasteiger partial charge in [0.05, 0.1) is 6.61 Å². The average Bonchev–Trinajstić information content (AvgIpc) is 2.27. The standard InChI is InChI=1S/C11H10BrF4NO2.ClH/c1-2-19-10(18)11(15,16)9(17)8-6(13)3-5(12)4-7(8)14;/h3-4,9H,2,17H2,1H3;1H/t9-;/m0./s1. The number of carbonyl (C=O) groups excluding carboxylic acids is 1. The summed E-state index contributed by atoms with van der Waals surface area (Å²) in [4.78, 5) is 11.1. The highest BCUT2D eigenvalue weighted by Gasteiger charge is 2.49. The van der Waals surface area contributed by atoms with Gasteiger partial charge in [-0.05, 0) is 19.1 Å². The third-order valence-corrected chi connectivity index (χ3v) is 2.75. The van der Waals surface area contributed by atoms with E-state index in [0.29, 0.717) is 0 Å². The topological polar surface area (TPSA) is 52.3 Å². The third kappa shape index (κ3) is 3.83. The van der Waals surface area contributed by atoms with Gasteiger partial charge in [-0.3, -0.25) is 0 Å². The van der Waals surface area contributed by atoms with Crippen LogP contribution in [0.1, 0.15) is 18.5 Å². The van der Waals surface area contributed by atoms with E-state index in [0.717, 1.165) is 12.1 Å². The van der Waals surface area contributed by atoms with Gasteiger partial charge in [-0.2, -0.15) is 8.78 Å². The number of nitrogens with two attached hydrogens (primary N) is 1. The van der Waals surface area contributed by atoms with Crippen LogP contribution in [0, 0.1) is 11.6 Å². The Morgan fingerprint density at radius 3 is 2.25 bits per heavy atom. The first-order chi connectivity index (χ1) is 8.71. The summed E-state index contributed by atoms with van der Waals surface area (Å²) in [6.45, 7) is 1.02. The van der Waals surface area contributed by atoms with Gasteiger partial charge in [-0.15, -0.1) is 12.4 Å². The fourth-order valence-electron chi connectivity index (χ4n) is 1.39. The monoisotopic (exact) mass is 379 g/mol. The first-order valence-corrected chi connectivity index (χ1v) is 5.96. The van der Waals surface area contributed by atoms with Crippen LogP contribution in [-0.4, -0.2) is 18.5 Å². The highest BCUT2D eigenvalue weighted by molar-refractivity contribution is 9.10. The van der Waals surface area contributed by atoms with Crippen molar-refractivity contribution < 1.29 is 27.1 Å². The average molecular weight is 381 g/mol. The highest BCUT2D eigenvalue weighted by Crippen LogP contribution is 2.34. The molecule has 0 radical (unpaired) electrons. The molecule has 0 saturated carbocycles. The molecule has 1 atom stereocenters. The van der Waals surface area contributed by atoms with E-state index in [-0.39, 0.29) is 23.5 Å². The van der Waals surface area contributed by atoms with Crippen molar-refractivity contribution in [3.63, 3.8) is 0 Å². The summed E-state index contributed by atoms with van der Waals surface area (Å²) >= 11 is 2.80. The van der Waals surface area contributed by atoms with Gasteiger partial charge >= 0.3 is 11.9 Å². The largest absolute Gasteiger partial charge is 0.462 e. The van der Waals surface area contributed by atoms with Gasteiger partial charge in [-0.1, -0.05) is 15.9 Å². The number of alkyl halides is 2. The summed E-state index contributed by atoms with van der Waals surface area (Å²) in [5.41, 5.74) is 4.04. The van der Waals surface area contributed by atoms with Crippen molar-refractivity contribution in [2.45, 2.75) is 18.9 Å². The normalized spacial score (nSPS) is 12.6. The molecule has 0 bridgehead atoms. The lowest BCUT2D eigenvalue weighted by molar-refractivity contribution is -0.175. The second kappa shape index (κ2) is 7.24. The van der Waals surface area contributed by atoms with Crippen LogP contribution < -0.4 is 5.73 Å². The first kappa shape index (κ1) is 19.1. The summed E-state index contributed by atoms with van der Waals surface area (Å²) in [6.07, 6.45) is 0. The molecule has 0 saturated heterocycles. The minimum atomic E-state index is -4.23. The summed E-state index contributed by atoms with van der Waals surface area (Å²) in [7, 11) is 0. The van der Waals surface area contributed by atoms with E-state index in [4.69, 9.17) is 5.73 Å². The van der Waals surface area contributed by atoms with E-state index >= 15 is 0 Å². The molecule has 20 heavy (non-hydrogen) atoms. The molecule has 1 aromatic rings. The van der Waals surface area contributed by atoms with E-state index < -0.39 is 35.1 Å². The van der Waals surface area contributed by atoms with E-state index in [9.17, 15) is 22.4 Å². The lowest BCUT2D eigenvalue weighted by Gasteiger charge is -2.22. The summed E-state index contributed by atoms with van der Waals surface area (Å²) in [5.74, 6) is -8.71. The van der Waals surface area contributed by atoms with Crippen LogP contribution in [0.25, 0.3) is 0 Å². The van der Waals surface area contributed by atoms with Crippen LogP contribution >= 0.6 is 28.3 Å². The summed E-state index contributed by atoms with van der Waals surface area (Å²) < 4.78 is 58.4. The van der Waals surface area contributed by atoms with Crippen molar-refractivity contribution in [1.29, 1.82) is 0 Å². The minimum absolute atomic E-state index is 0. The van der Waals surface area contributed by atoms with Crippen LogP contribution in [0.5, 0.6) is 0 Å². The molecular formula is C11H11BrClF4NO2. The number of carbonyl (C=O) groups is 1. The van der Waals surface area contributed by atoms with Gasteiger partial charge in [0.15, 0.2) is 0 Å². The van der Waals surface area contributed by atoms with Crippen molar-refractivity contribution in [2.24, 2.45) is 5.73 Å². The van der Waals surface area contributed by atoms with Crippen LogP contribution in [0.15, 0.2) is 16.6 Å². The summed E-state index contributed by atoms with van der Waals surface area (Å²) in [6, 6.07) is -0.918. The second-order valence-corrected chi connectivity index (χ2v) is 4.52. The zero-order chi connectivity index (χ0) is 14.8. The Kier molecular flexibility index (Phi) is 6.92. The number of hydrogen-bond donors (Lipinski definition) is 1. The maximum Gasteiger partial charge on any atom is 0.379 e. The Morgan fingerprint density at radius 2 is 1.85 bits per heavy atom. The van der Waals surface area contributed by atoms with E-state index in [1.54, 1.807) is 0 Å². The molecule has 0 unspecified atom stereocenters. The van der Waals surface area contributed by atoms with Gasteiger partial charge in [0.25, 0.3) is 0 Å². The predicted octanol–water partition coefficient (Wildman–Crippen LogP) is 3.35. The van der Waals surface area contributed by atoms with E-state index in [1.165, 1.54) is 6.92 Å². The molecule has 2 N–H and O–H groups in total. The van der Waals surface area contributed by atoms with Crippen LogP contribution in [0.3, 0.4) is 0 Å². The van der Waals surface area contributed by atoms with Crippen molar-refractivity contribution in [1.82, 2.24) is 0 Å². The van der Waals surface area contributed by atoms with Gasteiger partial charge in [0, 0.05) is 10.0 Å². The van der Waals surface area contributed by atoms with Crippen LogP contribution in [0.2, 0.25) is 0 Å². The van der Waals surface area contributed by atoms with Gasteiger partial charge in [0.2, 0.25) is 0 Å². The Hall–Kier alpha value is -0.860. The fraction of sp³-hybridized carbons (Fsp3) is 0.364.